The molecule has 45 heavy (non-hydrogen) atoms. The van der Waals surface area contributed by atoms with Crippen molar-refractivity contribution in [3.05, 3.63) is 70.0 Å². The van der Waals surface area contributed by atoms with Gasteiger partial charge < -0.3 is 41.7 Å². The van der Waals surface area contributed by atoms with Gasteiger partial charge in [0.2, 0.25) is 11.7 Å². The highest BCUT2D eigenvalue weighted by Gasteiger charge is 2.68. The molecular weight excluding hydrogens is 722 g/mol. The molecule has 0 heterocycles. The van der Waals surface area contributed by atoms with Crippen molar-refractivity contribution in [2.24, 2.45) is 17.6 Å². The normalized spacial score (nSPS) is 28.1. The number of primary amides is 1. The number of aliphatic hydroxyl groups excluding tert-OH is 3. The van der Waals surface area contributed by atoms with Crippen LogP contribution in [0.25, 0.3) is 5.76 Å². The second-order valence-electron chi connectivity index (χ2n) is 11.4. The topological polar surface area (TPSA) is 231 Å². The summed E-state index contributed by atoms with van der Waals surface area (Å²) in [7, 11) is 2.85. The highest BCUT2D eigenvalue weighted by atomic mass is 79.9. The molecule has 1 fully saturated rings. The molecule has 5 unspecified atom stereocenters. The fourth-order valence-electron chi connectivity index (χ4n) is 6.71. The smallest absolute Gasteiger partial charge is 0.255 e. The Balaban J connectivity index is 0.00000461. The number of nitrogens with one attached hydrogen (secondary N) is 1. The zero-order valence-corrected chi connectivity index (χ0v) is 27.4. The largest absolute Gasteiger partial charge is 0.508 e. The standard InChI is InChI=1S/C30H30BrN3O10.BrH/c1-10-13-8-9-14(33-29(43)20(31)11-4-6-12(35)7-5-11)22(36)16(13)23(37)17-15(10)24(38)19-21(34(2)3)25(39)18(28(32)42)27(41)30(19,44)26(17)40;/h4-10,15,19-21,24,35-38,41,44H,1-3H3,(H2,32,42)(H,33,43);1H/t10?,15?,19?,20?,21-,24?,30-;/m0./s1. The number of alkyl halides is 1. The van der Waals surface area contributed by atoms with E-state index in [0.717, 1.165) is 0 Å². The van der Waals surface area contributed by atoms with Gasteiger partial charge in [-0.2, -0.15) is 0 Å². The number of likely N-dealkylation sites (N-methyl/N-ethyl adjacent to an activating group) is 1. The van der Waals surface area contributed by atoms with Crippen LogP contribution >= 0.6 is 32.9 Å². The van der Waals surface area contributed by atoms with Crippen LogP contribution in [0, 0.1) is 11.8 Å². The first-order valence-corrected chi connectivity index (χ1v) is 14.4. The predicted octanol–water partition coefficient (Wildman–Crippen LogP) is 1.85. The zero-order chi connectivity index (χ0) is 32.6. The van der Waals surface area contributed by atoms with Crippen molar-refractivity contribution in [2.75, 3.05) is 19.4 Å². The first-order valence-electron chi connectivity index (χ1n) is 13.5. The number of anilines is 1. The van der Waals surface area contributed by atoms with E-state index in [4.69, 9.17) is 5.73 Å². The maximum Gasteiger partial charge on any atom is 0.255 e. The third-order valence-electron chi connectivity index (χ3n) is 8.80. The molecule has 3 aliphatic carbocycles. The molecule has 2 aromatic rings. The number of nitrogens with zero attached hydrogens (tertiary/aromatic N) is 1. The number of aliphatic hydroxyl groups is 4. The number of halogens is 2. The Morgan fingerprint density at radius 3 is 2.20 bits per heavy atom. The highest BCUT2D eigenvalue weighted by molar-refractivity contribution is 9.09. The molecule has 7 atom stereocenters. The van der Waals surface area contributed by atoms with E-state index >= 15 is 0 Å². The second kappa shape index (κ2) is 11.9. The van der Waals surface area contributed by atoms with Crippen LogP contribution in [0.5, 0.6) is 11.5 Å². The molecule has 5 rings (SSSR count). The number of nitrogens with two attached hydrogens (primary N) is 1. The van der Waals surface area contributed by atoms with Crippen LogP contribution in [-0.4, -0.2) is 90.8 Å². The van der Waals surface area contributed by atoms with Gasteiger partial charge in [0, 0.05) is 11.5 Å². The lowest BCUT2D eigenvalue weighted by molar-refractivity contribution is -0.169. The Hall–Kier alpha value is -3.76. The van der Waals surface area contributed by atoms with Crippen molar-refractivity contribution in [2.45, 2.75) is 35.4 Å². The van der Waals surface area contributed by atoms with Gasteiger partial charge in [-0.3, -0.25) is 24.1 Å². The Morgan fingerprint density at radius 1 is 1.04 bits per heavy atom. The molecule has 0 spiro atoms. The molecule has 240 valence electrons. The number of carbonyl (C=O) groups is 4. The minimum absolute atomic E-state index is 0. The van der Waals surface area contributed by atoms with Gasteiger partial charge in [0.05, 0.1) is 29.3 Å². The molecule has 0 bridgehead atoms. The molecule has 0 aromatic heterocycles. The van der Waals surface area contributed by atoms with E-state index in [1.54, 1.807) is 6.92 Å². The SMILES string of the molecule is Br.CC1c2ccc(NC(=O)C(Br)c3ccc(O)cc3)c(O)c2C(O)=C2C(=O)[C@]3(O)C(O)=C(C(N)=O)C(=O)[C@@H](N(C)C)C3C(O)C21. The Bertz CT molecular complexity index is 1690. The molecule has 2 aromatic carbocycles. The summed E-state index contributed by atoms with van der Waals surface area (Å²) in [6.07, 6.45) is -1.72. The lowest BCUT2D eigenvalue weighted by Crippen LogP contribution is -2.70. The van der Waals surface area contributed by atoms with Crippen molar-refractivity contribution in [3.8, 4) is 11.5 Å². The van der Waals surface area contributed by atoms with Crippen LogP contribution in [0.15, 0.2) is 53.3 Å². The van der Waals surface area contributed by atoms with E-state index < -0.39 is 92.1 Å². The fourth-order valence-corrected chi connectivity index (χ4v) is 7.13. The van der Waals surface area contributed by atoms with E-state index in [1.165, 1.54) is 55.4 Å². The van der Waals surface area contributed by atoms with Crippen molar-refractivity contribution in [1.29, 1.82) is 0 Å². The summed E-state index contributed by atoms with van der Waals surface area (Å²) < 4.78 is 0. The summed E-state index contributed by atoms with van der Waals surface area (Å²) in [5.74, 6) is -10.7. The average molecular weight is 753 g/mol. The second-order valence-corrected chi connectivity index (χ2v) is 12.3. The van der Waals surface area contributed by atoms with Gasteiger partial charge in [0.25, 0.3) is 5.91 Å². The monoisotopic (exact) mass is 751 g/mol. The first kappa shape index (κ1) is 34.1. The molecule has 13 nitrogen and oxygen atoms in total. The number of Topliss-reactive ketones (excluding diaryl/α,β-unsaturated/α-hetero) is 2. The first-order chi connectivity index (χ1) is 20.5. The summed E-state index contributed by atoms with van der Waals surface area (Å²) >= 11 is 3.27. The summed E-state index contributed by atoms with van der Waals surface area (Å²) in [6, 6.07) is 7.24. The van der Waals surface area contributed by atoms with E-state index in [2.05, 4.69) is 21.2 Å². The molecule has 1 saturated carbocycles. The third-order valence-corrected chi connectivity index (χ3v) is 9.75. The fraction of sp³-hybridized carbons (Fsp3) is 0.333. The van der Waals surface area contributed by atoms with Crippen molar-refractivity contribution >= 4 is 67.7 Å². The predicted molar refractivity (Wildman–Crippen MR) is 169 cm³/mol. The van der Waals surface area contributed by atoms with Crippen LogP contribution in [0.1, 0.15) is 34.4 Å². The average Bonchev–Trinajstić information content (AvgIpc) is 2.95. The number of ketones is 2. The van der Waals surface area contributed by atoms with E-state index in [0.29, 0.717) is 11.1 Å². The number of phenols is 2. The molecule has 0 aliphatic heterocycles. The van der Waals surface area contributed by atoms with Crippen LogP contribution < -0.4 is 11.1 Å². The van der Waals surface area contributed by atoms with Crippen LogP contribution in [0.4, 0.5) is 5.69 Å². The van der Waals surface area contributed by atoms with E-state index in [1.807, 2.05) is 0 Å². The number of carbonyl (C=O) groups excluding carboxylic acids is 4. The van der Waals surface area contributed by atoms with Crippen molar-refractivity contribution in [3.63, 3.8) is 0 Å². The number of benzene rings is 2. The van der Waals surface area contributed by atoms with E-state index in [9.17, 15) is 49.8 Å². The van der Waals surface area contributed by atoms with Gasteiger partial charge in [0.1, 0.15) is 33.4 Å². The minimum atomic E-state index is -3.03. The number of hydrogen-bond donors (Lipinski definition) is 8. The maximum atomic E-state index is 14.1. The summed E-state index contributed by atoms with van der Waals surface area (Å²) in [4.78, 5) is 52.9. The van der Waals surface area contributed by atoms with Crippen LogP contribution in [-0.2, 0) is 19.2 Å². The van der Waals surface area contributed by atoms with Gasteiger partial charge in [-0.1, -0.05) is 41.1 Å². The van der Waals surface area contributed by atoms with Gasteiger partial charge in [-0.25, -0.2) is 0 Å². The molecule has 15 heteroatoms. The number of phenolic OH excluding ortho intramolecular Hbond substituents is 2. The third kappa shape index (κ3) is 4.93. The molecule has 0 radical (unpaired) electrons. The number of fused-ring (bicyclic) bond motifs is 3. The molecule has 9 N–H and O–H groups in total. The van der Waals surface area contributed by atoms with Crippen LogP contribution in [0.2, 0.25) is 0 Å². The number of hydrogen-bond acceptors (Lipinski definition) is 11. The van der Waals surface area contributed by atoms with Crippen molar-refractivity contribution < 1.29 is 49.8 Å². The lowest BCUT2D eigenvalue weighted by Gasteiger charge is -2.53. The van der Waals surface area contributed by atoms with Gasteiger partial charge in [0.15, 0.2) is 11.4 Å². The Kier molecular flexibility index (Phi) is 9.00. The molecular formula is C30H31Br2N3O10. The lowest BCUT2D eigenvalue weighted by atomic mass is 9.54. The quantitative estimate of drug-likeness (QED) is 0.125. The highest BCUT2D eigenvalue weighted by Crippen LogP contribution is 2.56. The minimum Gasteiger partial charge on any atom is -0.508 e. The molecule has 2 amide bonds. The number of rotatable bonds is 5. The van der Waals surface area contributed by atoms with Crippen molar-refractivity contribution in [1.82, 2.24) is 4.90 Å². The number of aromatic hydroxyl groups is 2. The number of amides is 2. The summed E-state index contributed by atoms with van der Waals surface area (Å²) in [5.41, 5.74) is 1.15. The Labute approximate surface area is 275 Å². The Morgan fingerprint density at radius 2 is 1.64 bits per heavy atom. The van der Waals surface area contributed by atoms with Gasteiger partial charge in [-0.15, -0.1) is 17.0 Å². The molecule has 0 saturated heterocycles. The van der Waals surface area contributed by atoms with Crippen LogP contribution in [0.3, 0.4) is 0 Å². The van der Waals surface area contributed by atoms with Gasteiger partial charge in [-0.05, 0) is 49.3 Å². The zero-order valence-electron chi connectivity index (χ0n) is 24.1. The van der Waals surface area contributed by atoms with Gasteiger partial charge >= 0.3 is 0 Å². The summed E-state index contributed by atoms with van der Waals surface area (Å²) in [6.45, 7) is 1.60. The molecule has 3 aliphatic rings. The maximum absolute atomic E-state index is 14.1. The summed E-state index contributed by atoms with van der Waals surface area (Å²) in [5, 5.41) is 69.2. The van der Waals surface area contributed by atoms with E-state index in [-0.39, 0.29) is 34.0 Å².